The number of hydrogen-bond acceptors (Lipinski definition) is 4. The molecule has 12 heteroatoms. The van der Waals surface area contributed by atoms with Gasteiger partial charge in [0.05, 0.1) is 23.5 Å². The van der Waals surface area contributed by atoms with Crippen LogP contribution in [-0.2, 0) is 25.9 Å². The van der Waals surface area contributed by atoms with Gasteiger partial charge in [-0.25, -0.2) is 0 Å². The van der Waals surface area contributed by atoms with Gasteiger partial charge in [0.1, 0.15) is 0 Å². The Morgan fingerprint density at radius 1 is 1.15 bits per heavy atom. The molecule has 2 atom stereocenters. The monoisotopic (exact) mass is 577 g/mol. The van der Waals surface area contributed by atoms with E-state index in [1.807, 2.05) is 0 Å². The normalized spacial score (nSPS) is 19.9. The molecule has 5 nitrogen and oxygen atoms in total. The molecule has 154 valence electrons. The quantitative estimate of drug-likeness (QED) is 0.327. The van der Waals surface area contributed by atoms with Crippen LogP contribution in [0.1, 0.15) is 19.5 Å². The zero-order valence-electron chi connectivity index (χ0n) is 13.8. The Morgan fingerprint density at radius 3 is 2.04 bits per heavy atom. The van der Waals surface area contributed by atoms with Crippen LogP contribution in [-0.4, -0.2) is 46.1 Å². The van der Waals surface area contributed by atoms with E-state index in [-0.39, 0.29) is 38.3 Å². The summed E-state index contributed by atoms with van der Waals surface area (Å²) < 4.78 is 75.3. The zero-order chi connectivity index (χ0) is 20.1. The van der Waals surface area contributed by atoms with Crippen LogP contribution in [0, 0.1) is 0 Å². The number of hydrogen-bond donors (Lipinski definition) is 1. The van der Waals surface area contributed by atoms with Gasteiger partial charge in [-0.2, -0.15) is 26.3 Å². The van der Waals surface area contributed by atoms with Gasteiger partial charge in [0.15, 0.2) is 5.78 Å². The van der Waals surface area contributed by atoms with Crippen molar-refractivity contribution >= 4 is 11.6 Å². The first-order valence-electron chi connectivity index (χ1n) is 7.03. The van der Waals surface area contributed by atoms with Crippen LogP contribution < -0.4 is 0 Å². The summed E-state index contributed by atoms with van der Waals surface area (Å²) in [5.41, 5.74) is -0.122. The standard InChI is InChI=1S/C10H6F6N3.C5H8O2.Pt/c11-9(12,13)6-7(10(14,15)16)19-8(18-6)5-3-1-2-4-17-5;1-4(6)3-5(2)7;/h1-4,6-7H;3,6H,1-2H3;/q-1;;/b;4-3-;. The topological polar surface area (TPSA) is 76.7 Å². The van der Waals surface area contributed by atoms with Crippen LogP contribution in [0.3, 0.4) is 0 Å². The molecule has 0 radical (unpaired) electrons. The van der Waals surface area contributed by atoms with Crippen LogP contribution >= 0.6 is 0 Å². The van der Waals surface area contributed by atoms with Crippen molar-refractivity contribution in [1.82, 2.24) is 4.98 Å². The SMILES string of the molecule is CC(=O)/C=C(/C)O.FC(F)(F)C1N=C(c2ccccn2)[N-]C1C(F)(F)F.[Pt]. The van der Waals surface area contributed by atoms with E-state index in [9.17, 15) is 31.1 Å². The molecule has 0 bridgehead atoms. The molecule has 2 rings (SSSR count). The molecule has 2 heterocycles. The van der Waals surface area contributed by atoms with Gasteiger partial charge in [-0.3, -0.25) is 9.78 Å². The number of rotatable bonds is 2. The van der Waals surface area contributed by atoms with Crippen molar-refractivity contribution in [3.63, 3.8) is 0 Å². The third kappa shape index (κ3) is 8.11. The number of nitrogens with zero attached hydrogens (tertiary/aromatic N) is 3. The van der Waals surface area contributed by atoms with Crippen molar-refractivity contribution in [3.8, 4) is 0 Å². The Kier molecular flexibility index (Phi) is 9.17. The van der Waals surface area contributed by atoms with Gasteiger partial charge in [0.2, 0.25) is 0 Å². The fraction of sp³-hybridized carbons (Fsp3) is 0.400. The number of aliphatic imine (C=N–C) groups is 1. The second-order valence-corrected chi connectivity index (χ2v) is 5.17. The summed E-state index contributed by atoms with van der Waals surface area (Å²) in [4.78, 5) is 16.7. The number of aliphatic hydroxyl groups is 1. The Bertz CT molecular complexity index is 685. The van der Waals surface area contributed by atoms with E-state index in [1.165, 1.54) is 44.3 Å². The fourth-order valence-corrected chi connectivity index (χ4v) is 1.86. The number of aliphatic hydroxyl groups excluding tert-OH is 1. The van der Waals surface area contributed by atoms with Gasteiger partial charge in [0.25, 0.3) is 0 Å². The summed E-state index contributed by atoms with van der Waals surface area (Å²) in [7, 11) is 0. The number of amidine groups is 1. The van der Waals surface area contributed by atoms with Gasteiger partial charge in [-0.1, -0.05) is 6.07 Å². The Hall–Kier alpha value is -1.90. The molecule has 0 fully saturated rings. The third-order valence-electron chi connectivity index (χ3n) is 2.80. The minimum Gasteiger partial charge on any atom is -0.512 e. The molecule has 0 saturated heterocycles. The first kappa shape index (κ1) is 25.1. The number of allylic oxidation sites excluding steroid dienone is 2. The van der Waals surface area contributed by atoms with E-state index in [0.717, 1.165) is 0 Å². The van der Waals surface area contributed by atoms with E-state index in [0.29, 0.717) is 0 Å². The van der Waals surface area contributed by atoms with E-state index >= 15 is 0 Å². The summed E-state index contributed by atoms with van der Waals surface area (Å²) >= 11 is 0. The van der Waals surface area contributed by atoms with Crippen LogP contribution in [0.4, 0.5) is 26.3 Å². The van der Waals surface area contributed by atoms with Crippen LogP contribution in [0.15, 0.2) is 41.2 Å². The molecule has 1 aliphatic rings. The van der Waals surface area contributed by atoms with Gasteiger partial charge in [-0.05, 0) is 31.8 Å². The second-order valence-electron chi connectivity index (χ2n) is 5.17. The number of carbonyl (C=O) groups excluding carboxylic acids is 1. The van der Waals surface area contributed by atoms with Crippen molar-refractivity contribution < 1.29 is 57.3 Å². The van der Waals surface area contributed by atoms with Gasteiger partial charge < -0.3 is 15.4 Å². The van der Waals surface area contributed by atoms with Crippen LogP contribution in [0.25, 0.3) is 5.32 Å². The molecular weight excluding hydrogens is 563 g/mol. The number of pyridine rings is 1. The average Bonchev–Trinajstić information content (AvgIpc) is 2.92. The molecule has 27 heavy (non-hydrogen) atoms. The number of aromatic nitrogens is 1. The molecule has 0 spiro atoms. The maximum absolute atomic E-state index is 12.5. The summed E-state index contributed by atoms with van der Waals surface area (Å²) in [5.74, 6) is -0.697. The predicted octanol–water partition coefficient (Wildman–Crippen LogP) is 4.11. The summed E-state index contributed by atoms with van der Waals surface area (Å²) in [6, 6.07) is -1.69. The second kappa shape index (κ2) is 9.87. The molecule has 1 aromatic rings. The molecule has 1 aromatic heterocycles. The van der Waals surface area contributed by atoms with Crippen molar-refractivity contribution in [2.24, 2.45) is 4.99 Å². The molecule has 1 aliphatic heterocycles. The summed E-state index contributed by atoms with van der Waals surface area (Å²) in [6.45, 7) is 2.85. The number of carbonyl (C=O) groups is 1. The molecule has 2 unspecified atom stereocenters. The molecule has 0 saturated carbocycles. The fourth-order valence-electron chi connectivity index (χ4n) is 1.86. The van der Waals surface area contributed by atoms with E-state index in [1.54, 1.807) is 0 Å². The van der Waals surface area contributed by atoms with Gasteiger partial charge in [0, 0.05) is 33.3 Å². The van der Waals surface area contributed by atoms with Crippen molar-refractivity contribution in [3.05, 3.63) is 47.2 Å². The molecule has 0 amide bonds. The van der Waals surface area contributed by atoms with Crippen LogP contribution in [0.5, 0.6) is 0 Å². The minimum absolute atomic E-state index is 0. The van der Waals surface area contributed by atoms with E-state index in [4.69, 9.17) is 5.11 Å². The first-order chi connectivity index (χ1) is 11.8. The van der Waals surface area contributed by atoms with Crippen molar-refractivity contribution in [1.29, 1.82) is 0 Å². The maximum Gasteiger partial charge on any atom is 0.391 e. The largest absolute Gasteiger partial charge is 0.512 e. The number of ketones is 1. The summed E-state index contributed by atoms with van der Waals surface area (Å²) in [5, 5.41) is 11.4. The van der Waals surface area contributed by atoms with E-state index in [2.05, 4.69) is 15.3 Å². The van der Waals surface area contributed by atoms with Gasteiger partial charge in [-0.15, -0.1) is 0 Å². The minimum atomic E-state index is -5.11. The van der Waals surface area contributed by atoms with Crippen molar-refractivity contribution in [2.45, 2.75) is 38.3 Å². The average molecular weight is 577 g/mol. The number of halogens is 6. The molecule has 1 N–H and O–H groups in total. The first-order valence-corrected chi connectivity index (χ1v) is 7.03. The van der Waals surface area contributed by atoms with Crippen LogP contribution in [0.2, 0.25) is 0 Å². The van der Waals surface area contributed by atoms with E-state index < -0.39 is 30.3 Å². The molecule has 0 aliphatic carbocycles. The van der Waals surface area contributed by atoms with Crippen molar-refractivity contribution in [2.75, 3.05) is 0 Å². The smallest absolute Gasteiger partial charge is 0.391 e. The Labute approximate surface area is 164 Å². The Balaban J connectivity index is 0.000000728. The predicted molar refractivity (Wildman–Crippen MR) is 80.9 cm³/mol. The number of alkyl halides is 6. The summed E-state index contributed by atoms with van der Waals surface area (Å²) in [6.07, 6.45) is -7.82. The molecular formula is C15H14F6N3O2Pt-. The third-order valence-corrected chi connectivity index (χ3v) is 2.80. The maximum atomic E-state index is 12.5. The van der Waals surface area contributed by atoms with Gasteiger partial charge >= 0.3 is 12.4 Å². The zero-order valence-corrected chi connectivity index (χ0v) is 16.1. The Morgan fingerprint density at radius 2 is 1.74 bits per heavy atom. The molecule has 0 aromatic carbocycles.